The number of carbonyl (C=O) groups excluding carboxylic acids is 1. The lowest BCUT2D eigenvalue weighted by Gasteiger charge is -2.32. The van der Waals surface area contributed by atoms with Crippen LogP contribution in [-0.2, 0) is 21.4 Å². The van der Waals surface area contributed by atoms with Gasteiger partial charge in [0.1, 0.15) is 0 Å². The number of carbonyl (C=O) groups is 1. The molecular weight excluding hydrogens is 412 g/mol. The van der Waals surface area contributed by atoms with E-state index in [1.54, 1.807) is 24.3 Å². The van der Waals surface area contributed by atoms with Crippen LogP contribution in [-0.4, -0.2) is 56.3 Å². The first-order valence-electron chi connectivity index (χ1n) is 11.1. The van der Waals surface area contributed by atoms with Gasteiger partial charge in [0.15, 0.2) is 0 Å². The van der Waals surface area contributed by atoms with Crippen LogP contribution in [0.4, 0.5) is 0 Å². The topological polar surface area (TPSA) is 66.9 Å². The average molecular weight is 443 g/mol. The molecule has 1 amide bonds. The van der Waals surface area contributed by atoms with E-state index in [-0.39, 0.29) is 10.8 Å². The number of ether oxygens (including phenoxy) is 1. The Hall–Kier alpha value is -2.22. The molecule has 2 fully saturated rings. The minimum Gasteiger partial charge on any atom is -0.376 e. The maximum atomic E-state index is 13.0. The average Bonchev–Trinajstić information content (AvgIpc) is 3.36. The van der Waals surface area contributed by atoms with Crippen molar-refractivity contribution in [2.75, 3.05) is 32.8 Å². The van der Waals surface area contributed by atoms with Crippen LogP contribution < -0.4 is 0 Å². The molecule has 2 aromatic carbocycles. The molecule has 31 heavy (non-hydrogen) atoms. The summed E-state index contributed by atoms with van der Waals surface area (Å²) in [4.78, 5) is 15.1. The van der Waals surface area contributed by atoms with Gasteiger partial charge in [0.25, 0.3) is 5.91 Å². The summed E-state index contributed by atoms with van der Waals surface area (Å²) in [5.41, 5.74) is 1.68. The molecule has 1 atom stereocenters. The van der Waals surface area contributed by atoms with Crippen molar-refractivity contribution < 1.29 is 17.9 Å². The lowest BCUT2D eigenvalue weighted by atomic mass is 9.98. The van der Waals surface area contributed by atoms with Gasteiger partial charge in [0.2, 0.25) is 10.0 Å². The molecule has 7 heteroatoms. The first-order chi connectivity index (χ1) is 15.0. The van der Waals surface area contributed by atoms with Gasteiger partial charge in [0, 0.05) is 31.7 Å². The summed E-state index contributed by atoms with van der Waals surface area (Å²) in [5, 5.41) is 0. The van der Waals surface area contributed by atoms with Crippen molar-refractivity contribution >= 4 is 15.9 Å². The maximum Gasteiger partial charge on any atom is 0.253 e. The molecule has 0 aliphatic carbocycles. The SMILES string of the molecule is O=C(c1ccc(S(=O)(=O)N2CCCC2)cc1)N1CCCC(COCc2ccccc2)C1. The number of hydrogen-bond acceptors (Lipinski definition) is 4. The molecule has 2 aliphatic rings. The van der Waals surface area contributed by atoms with Gasteiger partial charge < -0.3 is 9.64 Å². The summed E-state index contributed by atoms with van der Waals surface area (Å²) in [6, 6.07) is 16.5. The Labute approximate surface area is 184 Å². The van der Waals surface area contributed by atoms with Crippen LogP contribution in [0.25, 0.3) is 0 Å². The van der Waals surface area contributed by atoms with Crippen LogP contribution in [0.1, 0.15) is 41.6 Å². The van der Waals surface area contributed by atoms with E-state index in [0.717, 1.165) is 37.8 Å². The van der Waals surface area contributed by atoms with Gasteiger partial charge in [0.05, 0.1) is 18.1 Å². The van der Waals surface area contributed by atoms with E-state index in [1.165, 1.54) is 4.31 Å². The predicted molar refractivity (Wildman–Crippen MR) is 119 cm³/mol. The van der Waals surface area contributed by atoms with Gasteiger partial charge >= 0.3 is 0 Å². The van der Waals surface area contributed by atoms with E-state index >= 15 is 0 Å². The van der Waals surface area contributed by atoms with Crippen LogP contribution in [0.5, 0.6) is 0 Å². The molecule has 0 N–H and O–H groups in total. The molecule has 0 bridgehead atoms. The summed E-state index contributed by atoms with van der Waals surface area (Å²) in [6.07, 6.45) is 3.81. The van der Waals surface area contributed by atoms with Crippen LogP contribution in [0.15, 0.2) is 59.5 Å². The Bertz CT molecular complexity index is 970. The third-order valence-corrected chi connectivity index (χ3v) is 7.99. The van der Waals surface area contributed by atoms with Crippen LogP contribution >= 0.6 is 0 Å². The quantitative estimate of drug-likeness (QED) is 0.658. The zero-order chi connectivity index (χ0) is 21.7. The number of sulfonamides is 1. The lowest BCUT2D eigenvalue weighted by molar-refractivity contribution is 0.0425. The molecule has 2 aliphatic heterocycles. The molecule has 1 unspecified atom stereocenters. The minimum atomic E-state index is -3.46. The Morgan fingerprint density at radius 1 is 0.935 bits per heavy atom. The zero-order valence-corrected chi connectivity index (χ0v) is 18.6. The van der Waals surface area contributed by atoms with E-state index in [2.05, 4.69) is 0 Å². The number of amides is 1. The van der Waals surface area contributed by atoms with E-state index in [9.17, 15) is 13.2 Å². The van der Waals surface area contributed by atoms with Gasteiger partial charge in [-0.2, -0.15) is 4.31 Å². The summed E-state index contributed by atoms with van der Waals surface area (Å²) >= 11 is 0. The molecule has 0 radical (unpaired) electrons. The van der Waals surface area contributed by atoms with Crippen molar-refractivity contribution in [2.45, 2.75) is 37.2 Å². The van der Waals surface area contributed by atoms with Crippen molar-refractivity contribution in [1.82, 2.24) is 9.21 Å². The largest absolute Gasteiger partial charge is 0.376 e. The smallest absolute Gasteiger partial charge is 0.253 e. The first-order valence-corrected chi connectivity index (χ1v) is 12.5. The molecule has 166 valence electrons. The van der Waals surface area contributed by atoms with Crippen LogP contribution in [0, 0.1) is 5.92 Å². The molecule has 0 saturated carbocycles. The number of rotatable bonds is 7. The highest BCUT2D eigenvalue weighted by atomic mass is 32.2. The Kier molecular flexibility index (Phi) is 7.05. The highest BCUT2D eigenvalue weighted by Crippen LogP contribution is 2.23. The van der Waals surface area contributed by atoms with Gasteiger partial charge in [-0.3, -0.25) is 4.79 Å². The number of nitrogens with zero attached hydrogens (tertiary/aromatic N) is 2. The van der Waals surface area contributed by atoms with E-state index in [4.69, 9.17) is 4.74 Å². The van der Waals surface area contributed by atoms with E-state index in [1.807, 2.05) is 35.2 Å². The van der Waals surface area contributed by atoms with Crippen molar-refractivity contribution in [3.8, 4) is 0 Å². The number of piperidine rings is 1. The maximum absolute atomic E-state index is 13.0. The fraction of sp³-hybridized carbons (Fsp3) is 0.458. The second-order valence-electron chi connectivity index (χ2n) is 8.40. The molecule has 6 nitrogen and oxygen atoms in total. The Morgan fingerprint density at radius 2 is 1.65 bits per heavy atom. The third-order valence-electron chi connectivity index (χ3n) is 6.08. The second kappa shape index (κ2) is 9.94. The number of likely N-dealkylation sites (tertiary alicyclic amines) is 1. The minimum absolute atomic E-state index is 0.0436. The van der Waals surface area contributed by atoms with Gasteiger partial charge in [-0.05, 0) is 61.4 Å². The summed E-state index contributed by atoms with van der Waals surface area (Å²) in [5.74, 6) is 0.272. The number of benzene rings is 2. The van der Waals surface area contributed by atoms with Crippen molar-refractivity contribution in [2.24, 2.45) is 5.92 Å². The van der Waals surface area contributed by atoms with Crippen LogP contribution in [0.3, 0.4) is 0 Å². The highest BCUT2D eigenvalue weighted by Gasteiger charge is 2.28. The molecule has 2 aromatic rings. The first kappa shape index (κ1) is 22.0. The molecule has 4 rings (SSSR count). The lowest BCUT2D eigenvalue weighted by Crippen LogP contribution is -2.41. The molecule has 2 heterocycles. The second-order valence-corrected chi connectivity index (χ2v) is 10.3. The molecular formula is C24H30N2O4S. The molecule has 0 spiro atoms. The van der Waals surface area contributed by atoms with Crippen LogP contribution in [0.2, 0.25) is 0 Å². The van der Waals surface area contributed by atoms with Crippen molar-refractivity contribution in [3.05, 3.63) is 65.7 Å². The predicted octanol–water partition coefficient (Wildman–Crippen LogP) is 3.54. The summed E-state index contributed by atoms with van der Waals surface area (Å²) in [6.45, 7) is 3.75. The van der Waals surface area contributed by atoms with Gasteiger partial charge in [-0.25, -0.2) is 8.42 Å². The summed E-state index contributed by atoms with van der Waals surface area (Å²) in [7, 11) is -3.46. The van der Waals surface area contributed by atoms with E-state index < -0.39 is 10.0 Å². The van der Waals surface area contributed by atoms with Gasteiger partial charge in [-0.15, -0.1) is 0 Å². The normalized spacial score (nSPS) is 20.1. The molecule has 0 aromatic heterocycles. The fourth-order valence-electron chi connectivity index (χ4n) is 4.33. The highest BCUT2D eigenvalue weighted by molar-refractivity contribution is 7.89. The van der Waals surface area contributed by atoms with Crippen molar-refractivity contribution in [3.63, 3.8) is 0 Å². The molecule has 2 saturated heterocycles. The fourth-order valence-corrected chi connectivity index (χ4v) is 5.85. The Balaban J connectivity index is 1.33. The Morgan fingerprint density at radius 3 is 2.35 bits per heavy atom. The zero-order valence-electron chi connectivity index (χ0n) is 17.8. The van der Waals surface area contributed by atoms with Crippen molar-refractivity contribution in [1.29, 1.82) is 0 Å². The monoisotopic (exact) mass is 442 g/mol. The standard InChI is InChI=1S/C24H30N2O4S/c27-24(22-10-12-23(13-11-22)31(28,29)26-15-4-5-16-26)25-14-6-9-21(17-25)19-30-18-20-7-2-1-3-8-20/h1-3,7-8,10-13,21H,4-6,9,14-19H2. The summed E-state index contributed by atoms with van der Waals surface area (Å²) < 4.78 is 32.8. The van der Waals surface area contributed by atoms with Gasteiger partial charge in [-0.1, -0.05) is 30.3 Å². The number of hydrogen-bond donors (Lipinski definition) is 0. The van der Waals surface area contributed by atoms with E-state index in [0.29, 0.717) is 44.3 Å². The third kappa shape index (κ3) is 5.34.